The molecule has 2 amide bonds. The van der Waals surface area contributed by atoms with Crippen LogP contribution in [0.15, 0.2) is 60.8 Å². The molecule has 0 radical (unpaired) electrons. The van der Waals surface area contributed by atoms with Crippen LogP contribution in [0.25, 0.3) is 10.9 Å². The number of anilines is 1. The van der Waals surface area contributed by atoms with E-state index in [1.54, 1.807) is 6.07 Å². The molecule has 0 bridgehead atoms. The molecule has 1 aliphatic rings. The van der Waals surface area contributed by atoms with Crippen molar-refractivity contribution in [1.82, 2.24) is 10.3 Å². The molecule has 1 saturated carbocycles. The van der Waals surface area contributed by atoms with Crippen molar-refractivity contribution < 1.29 is 14.0 Å². The summed E-state index contributed by atoms with van der Waals surface area (Å²) < 4.78 is 13.6. The van der Waals surface area contributed by atoms with Crippen molar-refractivity contribution in [3.05, 3.63) is 72.2 Å². The lowest BCUT2D eigenvalue weighted by Crippen LogP contribution is -2.47. The summed E-state index contributed by atoms with van der Waals surface area (Å²) >= 11 is 0. The number of aromatic nitrogens is 1. The molecule has 1 atom stereocenters. The smallest absolute Gasteiger partial charge is 0.303 e. The van der Waals surface area contributed by atoms with Gasteiger partial charge in [0, 0.05) is 11.4 Å². The van der Waals surface area contributed by atoms with Crippen molar-refractivity contribution in [3.63, 3.8) is 0 Å². The van der Waals surface area contributed by atoms with Crippen LogP contribution in [0.3, 0.4) is 0 Å². The first-order valence-corrected chi connectivity index (χ1v) is 10.8. The lowest BCUT2D eigenvalue weighted by Gasteiger charge is -2.32. The molecule has 5 nitrogen and oxygen atoms in total. The molecular weight excluding hydrogens is 405 g/mol. The first-order chi connectivity index (χ1) is 15.6. The van der Waals surface area contributed by atoms with Gasteiger partial charge in [0.1, 0.15) is 11.9 Å². The number of hydrogen-bond donors (Lipinski definition) is 1. The van der Waals surface area contributed by atoms with Gasteiger partial charge in [0.05, 0.1) is 17.4 Å². The van der Waals surface area contributed by atoms with Crippen LogP contribution in [0.1, 0.15) is 43.7 Å². The average Bonchev–Trinajstić information content (AvgIpc) is 2.83. The Balaban J connectivity index is 1.78. The molecule has 0 saturated heterocycles. The van der Waals surface area contributed by atoms with Gasteiger partial charge in [-0.15, -0.1) is 6.42 Å². The third-order valence-electron chi connectivity index (χ3n) is 5.84. The number of terminal acetylenes is 1. The maximum absolute atomic E-state index is 13.6. The highest BCUT2D eigenvalue weighted by atomic mass is 19.1. The monoisotopic (exact) mass is 429 g/mol. The fourth-order valence-electron chi connectivity index (χ4n) is 4.23. The zero-order valence-electron chi connectivity index (χ0n) is 17.6. The Kier molecular flexibility index (Phi) is 6.46. The second-order valence-electron chi connectivity index (χ2n) is 8.00. The third-order valence-corrected chi connectivity index (χ3v) is 5.84. The number of halogens is 1. The third kappa shape index (κ3) is 4.62. The van der Waals surface area contributed by atoms with E-state index in [4.69, 9.17) is 6.42 Å². The van der Waals surface area contributed by atoms with E-state index in [9.17, 15) is 14.0 Å². The van der Waals surface area contributed by atoms with Gasteiger partial charge < -0.3 is 5.32 Å². The van der Waals surface area contributed by atoms with E-state index in [0.717, 1.165) is 43.0 Å². The molecule has 4 rings (SSSR count). The van der Waals surface area contributed by atoms with E-state index in [2.05, 4.69) is 16.2 Å². The van der Waals surface area contributed by atoms with Crippen LogP contribution < -0.4 is 10.2 Å². The number of hydrogen-bond acceptors (Lipinski definition) is 3. The minimum absolute atomic E-state index is 0.0386. The summed E-state index contributed by atoms with van der Waals surface area (Å²) in [7, 11) is 0. The molecule has 1 aliphatic carbocycles. The van der Waals surface area contributed by atoms with Crippen LogP contribution in [0.2, 0.25) is 0 Å². The minimum Gasteiger partial charge on any atom is -0.351 e. The van der Waals surface area contributed by atoms with Crippen molar-refractivity contribution in [1.29, 1.82) is 0 Å². The van der Waals surface area contributed by atoms with Gasteiger partial charge in [-0.05, 0) is 48.6 Å². The Morgan fingerprint density at radius 1 is 1.09 bits per heavy atom. The summed E-state index contributed by atoms with van der Waals surface area (Å²) in [4.78, 5) is 32.1. The van der Waals surface area contributed by atoms with E-state index in [-0.39, 0.29) is 11.9 Å². The number of amides is 2. The number of rotatable bonds is 5. The highest BCUT2D eigenvalue weighted by Crippen LogP contribution is 2.30. The first-order valence-electron chi connectivity index (χ1n) is 10.8. The van der Waals surface area contributed by atoms with Crippen molar-refractivity contribution in [2.75, 3.05) is 4.90 Å². The van der Waals surface area contributed by atoms with Crippen molar-refractivity contribution >= 4 is 28.4 Å². The van der Waals surface area contributed by atoms with Crippen LogP contribution in [-0.2, 0) is 9.59 Å². The lowest BCUT2D eigenvalue weighted by atomic mass is 9.94. The maximum atomic E-state index is 13.6. The van der Waals surface area contributed by atoms with Gasteiger partial charge >= 0.3 is 5.91 Å². The largest absolute Gasteiger partial charge is 0.351 e. The fourth-order valence-corrected chi connectivity index (χ4v) is 4.23. The van der Waals surface area contributed by atoms with Crippen LogP contribution >= 0.6 is 0 Å². The molecular formula is C26H24FN3O2. The quantitative estimate of drug-likeness (QED) is 0.606. The molecule has 1 fully saturated rings. The zero-order valence-corrected chi connectivity index (χ0v) is 17.6. The molecule has 1 heterocycles. The highest BCUT2D eigenvalue weighted by molar-refractivity contribution is 6.10. The summed E-state index contributed by atoms with van der Waals surface area (Å²) in [6.45, 7) is 0. The van der Waals surface area contributed by atoms with Gasteiger partial charge in [-0.1, -0.05) is 49.6 Å². The van der Waals surface area contributed by atoms with Gasteiger partial charge in [0.2, 0.25) is 5.91 Å². The van der Waals surface area contributed by atoms with E-state index < -0.39 is 17.8 Å². The summed E-state index contributed by atoms with van der Waals surface area (Å²) in [6.07, 6.45) is 12.1. The molecule has 1 N–H and O–H groups in total. The lowest BCUT2D eigenvalue weighted by molar-refractivity contribution is -0.125. The number of para-hydroxylation sites is 1. The molecule has 6 heteroatoms. The Morgan fingerprint density at radius 3 is 2.53 bits per heavy atom. The molecule has 1 aromatic heterocycles. The highest BCUT2D eigenvalue weighted by Gasteiger charge is 2.34. The summed E-state index contributed by atoms with van der Waals surface area (Å²) in [5.41, 5.74) is 1.63. The Bertz CT molecular complexity index is 1160. The molecule has 32 heavy (non-hydrogen) atoms. The second kappa shape index (κ2) is 9.61. The summed E-state index contributed by atoms with van der Waals surface area (Å²) in [6, 6.07) is 13.8. The summed E-state index contributed by atoms with van der Waals surface area (Å²) in [5.74, 6) is 0.690. The topological polar surface area (TPSA) is 62.3 Å². The van der Waals surface area contributed by atoms with E-state index in [0.29, 0.717) is 11.3 Å². The first kappa shape index (κ1) is 21.5. The summed E-state index contributed by atoms with van der Waals surface area (Å²) in [5, 5.41) is 3.89. The van der Waals surface area contributed by atoms with Gasteiger partial charge in [-0.25, -0.2) is 4.39 Å². The minimum atomic E-state index is -1.05. The van der Waals surface area contributed by atoms with Crippen molar-refractivity contribution in [2.45, 2.75) is 44.2 Å². The predicted octanol–water partition coefficient (Wildman–Crippen LogP) is 4.53. The number of carbonyl (C=O) groups is 2. The van der Waals surface area contributed by atoms with Crippen molar-refractivity contribution in [3.8, 4) is 12.3 Å². The van der Waals surface area contributed by atoms with E-state index in [1.165, 1.54) is 35.4 Å². The Labute approximate surface area is 186 Å². The van der Waals surface area contributed by atoms with Crippen molar-refractivity contribution in [2.24, 2.45) is 0 Å². The molecule has 0 spiro atoms. The van der Waals surface area contributed by atoms with E-state index in [1.807, 2.05) is 24.3 Å². The fraction of sp³-hybridized carbons (Fsp3) is 0.269. The second-order valence-corrected chi connectivity index (χ2v) is 8.00. The standard InChI is InChI=1S/C26H24FN3O2/c1-2-24(31)30(22-16-19-8-6-7-11-23(19)28-17-22)25(18-12-14-20(27)15-13-18)26(32)29-21-9-4-3-5-10-21/h1,6-8,11-17,21,25H,3-5,9-10H2,(H,29,32). The van der Waals surface area contributed by atoms with Crippen LogP contribution in [-0.4, -0.2) is 22.8 Å². The molecule has 2 aromatic carbocycles. The van der Waals surface area contributed by atoms with Gasteiger partial charge in [0.15, 0.2) is 0 Å². The SMILES string of the molecule is C#CC(=O)N(c1cnc2ccccc2c1)C(C(=O)NC1CCCCC1)c1ccc(F)cc1. The Hall–Kier alpha value is -3.72. The number of nitrogens with zero attached hydrogens (tertiary/aromatic N) is 2. The predicted molar refractivity (Wildman–Crippen MR) is 122 cm³/mol. The molecule has 3 aromatic rings. The van der Waals surface area contributed by atoms with Gasteiger partial charge in [-0.3, -0.25) is 19.5 Å². The average molecular weight is 429 g/mol. The van der Waals surface area contributed by atoms with Crippen LogP contribution in [0.4, 0.5) is 10.1 Å². The molecule has 0 aliphatic heterocycles. The maximum Gasteiger partial charge on any atom is 0.303 e. The molecule has 1 unspecified atom stereocenters. The number of fused-ring (bicyclic) bond motifs is 1. The Morgan fingerprint density at radius 2 is 1.81 bits per heavy atom. The van der Waals surface area contributed by atoms with Gasteiger partial charge in [0.25, 0.3) is 0 Å². The van der Waals surface area contributed by atoms with E-state index >= 15 is 0 Å². The molecule has 162 valence electrons. The van der Waals surface area contributed by atoms with Gasteiger partial charge in [-0.2, -0.15) is 0 Å². The van der Waals surface area contributed by atoms with Crippen LogP contribution in [0.5, 0.6) is 0 Å². The number of carbonyl (C=O) groups excluding carboxylic acids is 2. The normalized spacial score (nSPS) is 15.0. The zero-order chi connectivity index (χ0) is 22.5. The number of benzene rings is 2. The number of pyridine rings is 1. The van der Waals surface area contributed by atoms with Crippen LogP contribution in [0, 0.1) is 18.2 Å². The number of nitrogens with one attached hydrogen (secondary N) is 1.